The van der Waals surface area contributed by atoms with Crippen molar-refractivity contribution in [3.63, 3.8) is 0 Å². The zero-order valence-corrected chi connectivity index (χ0v) is 18.8. The fourth-order valence-electron chi connectivity index (χ4n) is 5.16. The van der Waals surface area contributed by atoms with Gasteiger partial charge in [0.15, 0.2) is 0 Å². The number of hydrogen-bond donors (Lipinski definition) is 3. The van der Waals surface area contributed by atoms with Crippen molar-refractivity contribution in [3.8, 4) is 17.0 Å². The van der Waals surface area contributed by atoms with E-state index in [9.17, 15) is 9.59 Å². The Morgan fingerprint density at radius 2 is 1.97 bits per heavy atom. The van der Waals surface area contributed by atoms with Gasteiger partial charge in [-0.2, -0.15) is 0 Å². The molecule has 8 heteroatoms. The summed E-state index contributed by atoms with van der Waals surface area (Å²) in [5.74, 6) is 1.25. The van der Waals surface area contributed by atoms with E-state index < -0.39 is 0 Å². The number of rotatable bonds is 7. The fourth-order valence-corrected chi connectivity index (χ4v) is 5.16. The molecule has 174 valence electrons. The predicted octanol–water partition coefficient (Wildman–Crippen LogP) is 2.47. The number of nitrogens with one attached hydrogen (secondary N) is 2. The van der Waals surface area contributed by atoms with Gasteiger partial charge >= 0.3 is 0 Å². The molecule has 0 radical (unpaired) electrons. The zero-order valence-electron chi connectivity index (χ0n) is 18.8. The first-order chi connectivity index (χ1) is 16.0. The van der Waals surface area contributed by atoms with E-state index in [1.807, 2.05) is 24.3 Å². The molecule has 1 aromatic carbocycles. The van der Waals surface area contributed by atoms with Crippen LogP contribution in [0.3, 0.4) is 0 Å². The highest BCUT2D eigenvalue weighted by atomic mass is 16.5. The maximum atomic E-state index is 12.8. The van der Waals surface area contributed by atoms with E-state index in [4.69, 9.17) is 15.2 Å². The summed E-state index contributed by atoms with van der Waals surface area (Å²) in [5.41, 5.74) is 9.32. The molecular weight excluding hydrogens is 420 g/mol. The van der Waals surface area contributed by atoms with Crippen LogP contribution in [0.4, 0.5) is 5.69 Å². The SMILES string of the molecule is CC(=O)NC1C2CC1C2C(=O)Nc1ccnc(-c2ccc(OC3CCOCC3)c(CN)c2)c1. The second-order valence-corrected chi connectivity index (χ2v) is 9.19. The fraction of sp³-hybridized carbons (Fsp3) is 0.480. The van der Waals surface area contributed by atoms with E-state index >= 15 is 0 Å². The molecule has 2 heterocycles. The summed E-state index contributed by atoms with van der Waals surface area (Å²) >= 11 is 0. The number of anilines is 1. The number of nitrogens with two attached hydrogens (primary N) is 1. The van der Waals surface area contributed by atoms with Crippen LogP contribution in [0.1, 0.15) is 31.7 Å². The molecule has 3 aliphatic carbocycles. The summed E-state index contributed by atoms with van der Waals surface area (Å²) in [6.45, 7) is 3.33. The van der Waals surface area contributed by atoms with Crippen LogP contribution in [0.2, 0.25) is 0 Å². The molecule has 2 bridgehead atoms. The van der Waals surface area contributed by atoms with E-state index in [1.54, 1.807) is 12.3 Å². The van der Waals surface area contributed by atoms with Crippen LogP contribution in [0.15, 0.2) is 36.5 Å². The van der Waals surface area contributed by atoms with Gasteiger partial charge in [0, 0.05) is 61.3 Å². The molecule has 2 amide bonds. The highest BCUT2D eigenvalue weighted by Crippen LogP contribution is 2.58. The van der Waals surface area contributed by atoms with Crippen molar-refractivity contribution in [3.05, 3.63) is 42.1 Å². The molecule has 6 rings (SSSR count). The number of pyridine rings is 1. The van der Waals surface area contributed by atoms with Gasteiger partial charge in [-0.15, -0.1) is 0 Å². The van der Waals surface area contributed by atoms with Crippen LogP contribution < -0.4 is 21.1 Å². The molecule has 1 aliphatic heterocycles. The zero-order chi connectivity index (χ0) is 22.9. The summed E-state index contributed by atoms with van der Waals surface area (Å²) in [7, 11) is 0. The Kier molecular flexibility index (Phi) is 6.03. The minimum absolute atomic E-state index is 0.0119. The van der Waals surface area contributed by atoms with Gasteiger partial charge in [0.25, 0.3) is 0 Å². The topological polar surface area (TPSA) is 116 Å². The third kappa shape index (κ3) is 4.32. The van der Waals surface area contributed by atoms with Crippen LogP contribution in [-0.2, 0) is 20.9 Å². The van der Waals surface area contributed by atoms with Gasteiger partial charge in [-0.25, -0.2) is 0 Å². The van der Waals surface area contributed by atoms with Crippen molar-refractivity contribution in [1.29, 1.82) is 0 Å². The Bertz CT molecular complexity index is 1040. The third-order valence-corrected chi connectivity index (χ3v) is 7.13. The van der Waals surface area contributed by atoms with Gasteiger partial charge in [-0.3, -0.25) is 14.6 Å². The molecule has 2 atom stereocenters. The number of ether oxygens (including phenoxy) is 2. The predicted molar refractivity (Wildman–Crippen MR) is 123 cm³/mol. The average Bonchev–Trinajstić information content (AvgIpc) is 2.77. The maximum Gasteiger partial charge on any atom is 0.228 e. The number of nitrogens with zero attached hydrogens (tertiary/aromatic N) is 1. The Hall–Kier alpha value is -2.97. The Morgan fingerprint density at radius 3 is 2.67 bits per heavy atom. The summed E-state index contributed by atoms with van der Waals surface area (Å²) in [6, 6.07) is 9.75. The molecule has 4 fully saturated rings. The summed E-state index contributed by atoms with van der Waals surface area (Å²) in [5, 5.41) is 5.97. The molecule has 2 unspecified atom stereocenters. The van der Waals surface area contributed by atoms with E-state index in [0.29, 0.717) is 12.2 Å². The number of carbonyl (C=O) groups excluding carboxylic acids is 2. The highest BCUT2D eigenvalue weighted by molar-refractivity contribution is 5.95. The highest BCUT2D eigenvalue weighted by Gasteiger charge is 2.64. The first-order valence-corrected chi connectivity index (χ1v) is 11.7. The molecule has 1 aromatic heterocycles. The second kappa shape index (κ2) is 9.11. The Balaban J connectivity index is 1.25. The van der Waals surface area contributed by atoms with Crippen molar-refractivity contribution in [2.75, 3.05) is 18.5 Å². The van der Waals surface area contributed by atoms with Crippen LogP contribution >= 0.6 is 0 Å². The van der Waals surface area contributed by atoms with Gasteiger partial charge < -0.3 is 25.8 Å². The molecular formula is C25H30N4O4. The van der Waals surface area contributed by atoms with Crippen molar-refractivity contribution >= 4 is 17.5 Å². The normalized spacial score (nSPS) is 26.0. The van der Waals surface area contributed by atoms with Gasteiger partial charge in [0.05, 0.1) is 18.9 Å². The molecule has 1 saturated heterocycles. The quantitative estimate of drug-likeness (QED) is 0.597. The van der Waals surface area contributed by atoms with Crippen molar-refractivity contribution in [1.82, 2.24) is 10.3 Å². The van der Waals surface area contributed by atoms with Gasteiger partial charge in [-0.05, 0) is 48.6 Å². The lowest BCUT2D eigenvalue weighted by Crippen LogP contribution is -2.72. The lowest BCUT2D eigenvalue weighted by Gasteiger charge is -2.63. The minimum Gasteiger partial charge on any atom is -0.490 e. The minimum atomic E-state index is -0.0339. The average molecular weight is 451 g/mol. The first-order valence-electron chi connectivity index (χ1n) is 11.7. The number of carbonyl (C=O) groups is 2. The number of benzene rings is 1. The number of aromatic nitrogens is 1. The monoisotopic (exact) mass is 450 g/mol. The lowest BCUT2D eigenvalue weighted by molar-refractivity contribution is -0.163. The number of amides is 2. The first kappa shape index (κ1) is 21.9. The molecule has 8 nitrogen and oxygen atoms in total. The lowest BCUT2D eigenvalue weighted by atomic mass is 9.44. The van der Waals surface area contributed by atoms with Gasteiger partial charge in [-0.1, -0.05) is 0 Å². The third-order valence-electron chi connectivity index (χ3n) is 7.13. The number of hydrogen-bond acceptors (Lipinski definition) is 6. The largest absolute Gasteiger partial charge is 0.490 e. The Morgan fingerprint density at radius 1 is 1.18 bits per heavy atom. The van der Waals surface area contributed by atoms with Crippen molar-refractivity contribution in [2.45, 2.75) is 44.9 Å². The van der Waals surface area contributed by atoms with Crippen molar-refractivity contribution < 1.29 is 19.1 Å². The molecule has 4 N–H and O–H groups in total. The molecule has 2 aromatic rings. The molecule has 33 heavy (non-hydrogen) atoms. The van der Waals surface area contributed by atoms with E-state index in [1.165, 1.54) is 6.92 Å². The van der Waals surface area contributed by atoms with Gasteiger partial charge in [0.1, 0.15) is 11.9 Å². The maximum absolute atomic E-state index is 12.8. The standard InChI is InChI=1S/C25H30N4O4/c1-14(30)28-24-19-12-20(24)23(19)25(31)29-17-4-7-27-21(11-17)15-2-3-22(16(10-15)13-26)33-18-5-8-32-9-6-18/h2-4,7,10-11,18-20,23-24H,5-6,8-9,12-13,26H2,1H3,(H,28,30)(H,27,29,31). The van der Waals surface area contributed by atoms with Crippen LogP contribution in [0.25, 0.3) is 11.3 Å². The van der Waals surface area contributed by atoms with Crippen LogP contribution in [0.5, 0.6) is 5.75 Å². The smallest absolute Gasteiger partial charge is 0.228 e. The summed E-state index contributed by atoms with van der Waals surface area (Å²) < 4.78 is 11.6. The Labute approximate surface area is 193 Å². The van der Waals surface area contributed by atoms with E-state index in [-0.39, 0.29) is 41.7 Å². The molecule has 0 spiro atoms. The van der Waals surface area contributed by atoms with E-state index in [2.05, 4.69) is 15.6 Å². The molecule has 3 saturated carbocycles. The molecule has 4 aliphatic rings. The summed E-state index contributed by atoms with van der Waals surface area (Å²) in [6.07, 6.45) is 4.61. The van der Waals surface area contributed by atoms with Gasteiger partial charge in [0.2, 0.25) is 11.8 Å². The summed E-state index contributed by atoms with van der Waals surface area (Å²) in [4.78, 5) is 28.5. The van der Waals surface area contributed by atoms with Crippen LogP contribution in [-0.4, -0.2) is 42.2 Å². The van der Waals surface area contributed by atoms with E-state index in [0.717, 1.165) is 55.0 Å². The second-order valence-electron chi connectivity index (χ2n) is 9.19. The van der Waals surface area contributed by atoms with Crippen molar-refractivity contribution in [2.24, 2.45) is 23.5 Å². The van der Waals surface area contributed by atoms with Crippen LogP contribution in [0, 0.1) is 17.8 Å².